The minimum atomic E-state index is -1.06. The molecule has 0 unspecified atom stereocenters. The molecule has 1 saturated heterocycles. The van der Waals surface area contributed by atoms with Crippen LogP contribution >= 0.6 is 0 Å². The van der Waals surface area contributed by atoms with Gasteiger partial charge >= 0.3 is 5.69 Å². The van der Waals surface area contributed by atoms with E-state index in [0.717, 1.165) is 33.3 Å². The molecule has 10 heteroatoms. The van der Waals surface area contributed by atoms with Crippen LogP contribution in [0.5, 0.6) is 11.5 Å². The van der Waals surface area contributed by atoms with Crippen molar-refractivity contribution in [2.75, 3.05) is 20.8 Å². The van der Waals surface area contributed by atoms with Gasteiger partial charge in [-0.25, -0.2) is 4.79 Å². The fourth-order valence-electron chi connectivity index (χ4n) is 6.34. The smallest absolute Gasteiger partial charge is 0.330 e. The molecule has 2 heterocycles. The number of H-pyrrole nitrogens is 1. The van der Waals surface area contributed by atoms with Gasteiger partial charge in [-0.05, 0) is 75.6 Å². The number of methoxy groups -OCH3 is 2. The number of nitrogens with zero attached hydrogens (tertiary/aromatic N) is 1. The number of quaternary nitrogens is 1. The van der Waals surface area contributed by atoms with Crippen LogP contribution in [-0.4, -0.2) is 54.7 Å². The highest BCUT2D eigenvalue weighted by Crippen LogP contribution is 2.43. The van der Waals surface area contributed by atoms with E-state index in [2.05, 4.69) is 32.7 Å². The van der Waals surface area contributed by atoms with Gasteiger partial charge in [0.15, 0.2) is 0 Å². The van der Waals surface area contributed by atoms with Crippen LogP contribution in [0, 0.1) is 6.92 Å². The summed E-state index contributed by atoms with van der Waals surface area (Å²) in [4.78, 5) is 34.2. The van der Waals surface area contributed by atoms with E-state index in [4.69, 9.17) is 23.8 Å². The minimum absolute atomic E-state index is 0.134. The monoisotopic (exact) mass is 644 g/mol. The Labute approximate surface area is 275 Å². The zero-order valence-electron chi connectivity index (χ0n) is 28.2. The molecule has 1 aliphatic rings. The third-order valence-corrected chi connectivity index (χ3v) is 8.70. The summed E-state index contributed by atoms with van der Waals surface area (Å²) in [5, 5.41) is 0.953. The molecule has 0 radical (unpaired) electrons. The number of ether oxygens (including phenoxy) is 4. The average Bonchev–Trinajstić information content (AvgIpc) is 3.48. The Morgan fingerprint density at radius 3 is 1.89 bits per heavy atom. The molecule has 1 aromatic heterocycles. The predicted octanol–water partition coefficient (Wildman–Crippen LogP) is 4.16. The molecule has 5 rings (SSSR count). The maximum Gasteiger partial charge on any atom is 0.330 e. The van der Waals surface area contributed by atoms with E-state index in [-0.39, 0.29) is 18.7 Å². The maximum atomic E-state index is 12.9. The Hall–Kier alpha value is -4.22. The van der Waals surface area contributed by atoms with E-state index in [9.17, 15) is 9.59 Å². The maximum absolute atomic E-state index is 12.9. The molecule has 0 amide bonds. The molecule has 250 valence electrons. The highest BCUT2D eigenvalue weighted by Gasteiger charge is 2.45. The molecule has 0 bridgehead atoms. The minimum Gasteiger partial charge on any atom is -0.497 e. The highest BCUT2D eigenvalue weighted by atomic mass is 16.7. The van der Waals surface area contributed by atoms with E-state index in [0.29, 0.717) is 12.0 Å². The van der Waals surface area contributed by atoms with E-state index in [1.165, 1.54) is 4.57 Å². The second kappa shape index (κ2) is 14.7. The van der Waals surface area contributed by atoms with Gasteiger partial charge < -0.3 is 18.9 Å². The first kappa shape index (κ1) is 34.1. The fraction of sp³-hybridized carbons (Fsp3) is 0.405. The number of benzene rings is 3. The lowest BCUT2D eigenvalue weighted by Gasteiger charge is -2.37. The van der Waals surface area contributed by atoms with Gasteiger partial charge in [-0.1, -0.05) is 54.6 Å². The standard InChI is InChI=1S/C37H45N3O7/c1-24(2)40(25(3)4)47-32-21-34(39-22-26(5)35(41)38-36(39)42)46-33(32)23-45-37(27-11-9-8-10-12-27,28-13-17-30(43-6)18-14-28)29-15-19-31(44-7)20-16-29/h8-20,22,24-25,32-34H,21,23H2,1-7H3,(H,38,41,42)/p+1/t32-,33+,34+/m0/s1. The van der Waals surface area contributed by atoms with Crippen molar-refractivity contribution in [3.63, 3.8) is 0 Å². The zero-order chi connectivity index (χ0) is 33.7. The lowest BCUT2D eigenvalue weighted by atomic mass is 9.80. The van der Waals surface area contributed by atoms with Crippen LogP contribution in [0.15, 0.2) is 94.6 Å². The second-order valence-electron chi connectivity index (χ2n) is 12.5. The van der Waals surface area contributed by atoms with Crippen molar-refractivity contribution < 1.29 is 28.8 Å². The molecule has 10 nitrogen and oxygen atoms in total. The Bertz CT molecular complexity index is 1660. The Morgan fingerprint density at radius 1 is 0.851 bits per heavy atom. The third-order valence-electron chi connectivity index (χ3n) is 8.70. The first-order valence-corrected chi connectivity index (χ1v) is 16.1. The number of aromatic amines is 1. The van der Waals surface area contributed by atoms with Crippen molar-refractivity contribution in [2.45, 2.75) is 77.2 Å². The van der Waals surface area contributed by atoms with Crippen LogP contribution in [0.2, 0.25) is 0 Å². The number of nitrogens with one attached hydrogen (secondary N) is 2. The number of aryl methyl sites for hydroxylation is 1. The topological polar surface area (TPSA) is 105 Å². The molecule has 47 heavy (non-hydrogen) atoms. The second-order valence-corrected chi connectivity index (χ2v) is 12.5. The summed E-state index contributed by atoms with van der Waals surface area (Å²) in [6, 6.07) is 26.1. The van der Waals surface area contributed by atoms with Crippen molar-refractivity contribution in [1.29, 1.82) is 0 Å². The Kier molecular flexibility index (Phi) is 10.7. The van der Waals surface area contributed by atoms with Gasteiger partial charge in [0.05, 0.1) is 20.8 Å². The van der Waals surface area contributed by atoms with Gasteiger partial charge in [0.1, 0.15) is 47.6 Å². The summed E-state index contributed by atoms with van der Waals surface area (Å²) in [6.45, 7) is 10.2. The fourth-order valence-corrected chi connectivity index (χ4v) is 6.34. The van der Waals surface area contributed by atoms with Gasteiger partial charge in [-0.15, -0.1) is 0 Å². The molecular weight excluding hydrogens is 598 g/mol. The van der Waals surface area contributed by atoms with Gasteiger partial charge in [-0.2, -0.15) is 9.90 Å². The molecule has 0 spiro atoms. The molecular formula is C37H46N3O7+. The zero-order valence-corrected chi connectivity index (χ0v) is 28.2. The van der Waals surface area contributed by atoms with Crippen LogP contribution in [0.3, 0.4) is 0 Å². The van der Waals surface area contributed by atoms with Crippen molar-refractivity contribution in [3.05, 3.63) is 128 Å². The van der Waals surface area contributed by atoms with E-state index in [1.54, 1.807) is 27.3 Å². The van der Waals surface area contributed by atoms with Crippen molar-refractivity contribution >= 4 is 0 Å². The number of rotatable bonds is 13. The van der Waals surface area contributed by atoms with Crippen LogP contribution in [0.1, 0.15) is 62.6 Å². The molecule has 1 fully saturated rings. The summed E-state index contributed by atoms with van der Waals surface area (Å²) in [5.41, 5.74) is 1.13. The number of hydrogen-bond donors (Lipinski definition) is 2. The SMILES string of the molecule is COc1ccc(C(OC[C@H]2O[C@@H](n3cc(C)c(=O)[nH]c3=O)C[C@@H]2O[NH+](C(C)C)C(C)C)(c2ccccc2)c2ccc(OC)cc2)cc1. The predicted molar refractivity (Wildman–Crippen MR) is 179 cm³/mol. The van der Waals surface area contributed by atoms with Crippen LogP contribution in [0.4, 0.5) is 0 Å². The molecule has 2 N–H and O–H groups in total. The Morgan fingerprint density at radius 2 is 1.38 bits per heavy atom. The summed E-state index contributed by atoms with van der Waals surface area (Å²) in [6.07, 6.45) is 0.312. The quantitative estimate of drug-likeness (QED) is 0.166. The van der Waals surface area contributed by atoms with Gasteiger partial charge in [0, 0.05) is 18.2 Å². The molecule has 1 aliphatic heterocycles. The van der Waals surface area contributed by atoms with Crippen molar-refractivity contribution in [2.24, 2.45) is 0 Å². The largest absolute Gasteiger partial charge is 0.497 e. The summed E-state index contributed by atoms with van der Waals surface area (Å²) >= 11 is 0. The van der Waals surface area contributed by atoms with Crippen molar-refractivity contribution in [3.8, 4) is 11.5 Å². The van der Waals surface area contributed by atoms with E-state index < -0.39 is 35.3 Å². The summed E-state index contributed by atoms with van der Waals surface area (Å²) < 4.78 is 26.2. The van der Waals surface area contributed by atoms with E-state index >= 15 is 0 Å². The highest BCUT2D eigenvalue weighted by molar-refractivity contribution is 5.49. The lowest BCUT2D eigenvalue weighted by molar-refractivity contribution is -1.13. The molecule has 4 aromatic rings. The first-order chi connectivity index (χ1) is 22.6. The van der Waals surface area contributed by atoms with Crippen molar-refractivity contribution in [1.82, 2.24) is 9.55 Å². The van der Waals surface area contributed by atoms with Gasteiger partial charge in [0.25, 0.3) is 5.56 Å². The van der Waals surface area contributed by atoms with Crippen LogP contribution < -0.4 is 25.8 Å². The third kappa shape index (κ3) is 7.21. The normalized spacial score (nSPS) is 18.3. The van der Waals surface area contributed by atoms with Crippen LogP contribution in [-0.2, 0) is 19.9 Å². The molecule has 3 aromatic carbocycles. The van der Waals surface area contributed by atoms with E-state index in [1.807, 2.05) is 78.9 Å². The number of aromatic nitrogens is 2. The molecule has 0 aliphatic carbocycles. The molecule has 3 atom stereocenters. The first-order valence-electron chi connectivity index (χ1n) is 16.1. The molecule has 0 saturated carbocycles. The average molecular weight is 645 g/mol. The summed E-state index contributed by atoms with van der Waals surface area (Å²) in [5.74, 6) is 1.46. The van der Waals surface area contributed by atoms with Gasteiger partial charge in [0.2, 0.25) is 0 Å². The number of hydroxylamine groups is 2. The Balaban J connectivity index is 1.59. The number of hydrogen-bond acceptors (Lipinski definition) is 7. The van der Waals surface area contributed by atoms with Gasteiger partial charge in [-0.3, -0.25) is 14.3 Å². The summed E-state index contributed by atoms with van der Waals surface area (Å²) in [7, 11) is 3.28. The van der Waals surface area contributed by atoms with Crippen LogP contribution in [0.25, 0.3) is 0 Å². The lowest BCUT2D eigenvalue weighted by Crippen LogP contribution is -3.17.